The number of amidine groups is 1. The highest BCUT2D eigenvalue weighted by molar-refractivity contribution is 5.95. The highest BCUT2D eigenvalue weighted by Crippen LogP contribution is 2.21. The molecule has 132 valence electrons. The normalized spacial score (nSPS) is 10.7. The van der Waals surface area contributed by atoms with E-state index in [2.05, 4.69) is 5.10 Å². The van der Waals surface area contributed by atoms with Crippen LogP contribution in [0.5, 0.6) is 0 Å². The van der Waals surface area contributed by atoms with Gasteiger partial charge in [0.1, 0.15) is 5.84 Å². The Morgan fingerprint density at radius 1 is 1.08 bits per heavy atom. The van der Waals surface area contributed by atoms with Gasteiger partial charge in [0.2, 0.25) is 0 Å². The largest absolute Gasteiger partial charge is 0.384 e. The molecule has 1 heterocycles. The van der Waals surface area contributed by atoms with Crippen LogP contribution in [-0.2, 0) is 6.54 Å². The van der Waals surface area contributed by atoms with E-state index in [1.54, 1.807) is 24.3 Å². The van der Waals surface area contributed by atoms with Gasteiger partial charge in [-0.15, -0.1) is 0 Å². The molecule has 0 aliphatic rings. The average molecular weight is 358 g/mol. The van der Waals surface area contributed by atoms with E-state index in [1.165, 1.54) is 12.1 Å². The van der Waals surface area contributed by atoms with Crippen LogP contribution in [0.2, 0.25) is 0 Å². The number of benzene rings is 2. The van der Waals surface area contributed by atoms with Gasteiger partial charge in [0.05, 0.1) is 12.2 Å². The summed E-state index contributed by atoms with van der Waals surface area (Å²) in [5.41, 5.74) is 6.30. The maximum absolute atomic E-state index is 13.4. The lowest BCUT2D eigenvalue weighted by Crippen LogP contribution is -2.23. The van der Waals surface area contributed by atoms with Crippen LogP contribution >= 0.6 is 0 Å². The highest BCUT2D eigenvalue weighted by atomic mass is 19.2. The summed E-state index contributed by atoms with van der Waals surface area (Å²) in [6.07, 6.45) is 0. The van der Waals surface area contributed by atoms with Crippen molar-refractivity contribution >= 4 is 5.84 Å². The van der Waals surface area contributed by atoms with Gasteiger partial charge in [-0.2, -0.15) is 5.10 Å². The Hall–Kier alpha value is -3.42. The maximum Gasteiger partial charge on any atom is 0.267 e. The molecule has 3 aromatic rings. The molecule has 2 aromatic carbocycles. The van der Waals surface area contributed by atoms with Crippen molar-refractivity contribution in [3.63, 3.8) is 0 Å². The number of nitrogens with zero attached hydrogens (tertiary/aromatic N) is 2. The minimum absolute atomic E-state index is 0.00707. The van der Waals surface area contributed by atoms with Crippen molar-refractivity contribution < 1.29 is 13.2 Å². The van der Waals surface area contributed by atoms with Gasteiger partial charge in [0.25, 0.3) is 5.56 Å². The van der Waals surface area contributed by atoms with Crippen LogP contribution in [0, 0.1) is 22.9 Å². The van der Waals surface area contributed by atoms with Crippen molar-refractivity contribution in [2.24, 2.45) is 5.73 Å². The summed E-state index contributed by atoms with van der Waals surface area (Å²) in [6.45, 7) is 0.0694. The second-order valence-corrected chi connectivity index (χ2v) is 5.58. The monoisotopic (exact) mass is 358 g/mol. The first-order chi connectivity index (χ1) is 12.3. The molecule has 0 atom stereocenters. The van der Waals surface area contributed by atoms with Gasteiger partial charge in [0.15, 0.2) is 17.5 Å². The summed E-state index contributed by atoms with van der Waals surface area (Å²) in [6, 6.07) is 10.8. The Morgan fingerprint density at radius 2 is 1.77 bits per heavy atom. The van der Waals surface area contributed by atoms with Gasteiger partial charge in [-0.3, -0.25) is 10.2 Å². The number of rotatable bonds is 4. The van der Waals surface area contributed by atoms with Crippen molar-refractivity contribution in [2.75, 3.05) is 0 Å². The average Bonchev–Trinajstić information content (AvgIpc) is 2.61. The third kappa shape index (κ3) is 3.49. The molecule has 0 unspecified atom stereocenters. The van der Waals surface area contributed by atoms with Crippen LogP contribution in [0.25, 0.3) is 11.3 Å². The van der Waals surface area contributed by atoms with E-state index < -0.39 is 23.0 Å². The second-order valence-electron chi connectivity index (χ2n) is 5.58. The molecular weight excluding hydrogens is 345 g/mol. The van der Waals surface area contributed by atoms with E-state index in [1.807, 2.05) is 0 Å². The van der Waals surface area contributed by atoms with E-state index in [-0.39, 0.29) is 23.6 Å². The summed E-state index contributed by atoms with van der Waals surface area (Å²) < 4.78 is 41.1. The Kier molecular flexibility index (Phi) is 4.57. The summed E-state index contributed by atoms with van der Waals surface area (Å²) in [5, 5.41) is 11.5. The number of halogens is 3. The fourth-order valence-corrected chi connectivity index (χ4v) is 2.43. The molecule has 0 spiro atoms. The first-order valence-corrected chi connectivity index (χ1v) is 7.51. The van der Waals surface area contributed by atoms with Crippen molar-refractivity contribution in [1.82, 2.24) is 9.78 Å². The quantitative estimate of drug-likeness (QED) is 0.427. The number of aromatic nitrogens is 2. The molecule has 3 N–H and O–H groups in total. The highest BCUT2D eigenvalue weighted by Gasteiger charge is 2.13. The Balaban J connectivity index is 2.00. The predicted molar refractivity (Wildman–Crippen MR) is 90.4 cm³/mol. The fraction of sp³-hybridized carbons (Fsp3) is 0.0556. The predicted octanol–water partition coefficient (Wildman–Crippen LogP) is 2.66. The molecule has 0 saturated carbocycles. The molecule has 0 amide bonds. The van der Waals surface area contributed by atoms with Crippen LogP contribution < -0.4 is 11.3 Å². The molecule has 0 aliphatic carbocycles. The molecule has 3 rings (SSSR count). The van der Waals surface area contributed by atoms with Crippen molar-refractivity contribution in [3.05, 3.63) is 87.5 Å². The summed E-state index contributed by atoms with van der Waals surface area (Å²) >= 11 is 0. The molecule has 8 heteroatoms. The van der Waals surface area contributed by atoms with Gasteiger partial charge in [0, 0.05) is 17.2 Å². The van der Waals surface area contributed by atoms with E-state index in [0.717, 1.165) is 16.8 Å². The van der Waals surface area contributed by atoms with Crippen LogP contribution in [0.15, 0.2) is 53.3 Å². The zero-order valence-corrected chi connectivity index (χ0v) is 13.3. The van der Waals surface area contributed by atoms with Gasteiger partial charge in [-0.25, -0.2) is 17.9 Å². The van der Waals surface area contributed by atoms with E-state index in [4.69, 9.17) is 11.1 Å². The molecule has 0 bridgehead atoms. The number of hydrogen-bond acceptors (Lipinski definition) is 3. The summed E-state index contributed by atoms with van der Waals surface area (Å²) in [7, 11) is 0. The fourth-order valence-electron chi connectivity index (χ4n) is 2.43. The molecule has 0 radical (unpaired) electrons. The van der Waals surface area contributed by atoms with Gasteiger partial charge < -0.3 is 5.73 Å². The smallest absolute Gasteiger partial charge is 0.267 e. The van der Waals surface area contributed by atoms with Crippen molar-refractivity contribution in [3.8, 4) is 11.3 Å². The minimum atomic E-state index is -1.57. The SMILES string of the molecule is N=C(N)c1cccc(Cn2nc(-c3cc(F)c(F)c(F)c3)ccc2=O)c1. The molecule has 0 aliphatic heterocycles. The summed E-state index contributed by atoms with van der Waals surface area (Å²) in [4.78, 5) is 12.0. The van der Waals surface area contributed by atoms with Crippen LogP contribution in [0.3, 0.4) is 0 Å². The first kappa shape index (κ1) is 17.4. The first-order valence-electron chi connectivity index (χ1n) is 7.51. The van der Waals surface area contributed by atoms with Crippen LogP contribution in [0.1, 0.15) is 11.1 Å². The standard InChI is InChI=1S/C18H13F3N4O/c19-13-7-12(8-14(20)17(13)21)15-4-5-16(26)25(24-15)9-10-2-1-3-11(6-10)18(22)23/h1-8H,9H2,(H3,22,23). The van der Waals surface area contributed by atoms with Gasteiger partial charge in [-0.1, -0.05) is 18.2 Å². The number of nitrogen functional groups attached to an aromatic ring is 1. The van der Waals surface area contributed by atoms with E-state index in [0.29, 0.717) is 11.1 Å². The third-order valence-corrected chi connectivity index (χ3v) is 3.72. The second kappa shape index (κ2) is 6.83. The number of nitrogens with one attached hydrogen (secondary N) is 1. The molecule has 5 nitrogen and oxygen atoms in total. The lowest BCUT2D eigenvalue weighted by Gasteiger charge is -2.09. The lowest BCUT2D eigenvalue weighted by molar-refractivity contribution is 0.447. The number of hydrogen-bond donors (Lipinski definition) is 2. The molecule has 0 fully saturated rings. The van der Waals surface area contributed by atoms with Gasteiger partial charge in [-0.05, 0) is 29.8 Å². The molecule has 0 saturated heterocycles. The zero-order valence-electron chi connectivity index (χ0n) is 13.3. The van der Waals surface area contributed by atoms with Crippen molar-refractivity contribution in [1.29, 1.82) is 5.41 Å². The topological polar surface area (TPSA) is 84.8 Å². The Labute approximate surface area is 146 Å². The molecular formula is C18H13F3N4O. The van der Waals surface area contributed by atoms with Crippen LogP contribution in [0.4, 0.5) is 13.2 Å². The van der Waals surface area contributed by atoms with Gasteiger partial charge >= 0.3 is 0 Å². The van der Waals surface area contributed by atoms with Crippen LogP contribution in [-0.4, -0.2) is 15.6 Å². The zero-order chi connectivity index (χ0) is 18.8. The maximum atomic E-state index is 13.4. The Morgan fingerprint density at radius 3 is 2.42 bits per heavy atom. The lowest BCUT2D eigenvalue weighted by atomic mass is 10.1. The minimum Gasteiger partial charge on any atom is -0.384 e. The Bertz CT molecular complexity index is 1040. The molecule has 26 heavy (non-hydrogen) atoms. The third-order valence-electron chi connectivity index (χ3n) is 3.72. The van der Waals surface area contributed by atoms with E-state index >= 15 is 0 Å². The summed E-state index contributed by atoms with van der Waals surface area (Å²) in [5.74, 6) is -4.36. The van der Waals surface area contributed by atoms with Crippen molar-refractivity contribution in [2.45, 2.75) is 6.54 Å². The van der Waals surface area contributed by atoms with E-state index in [9.17, 15) is 18.0 Å². The molecule has 1 aromatic heterocycles. The number of nitrogens with two attached hydrogens (primary N) is 1.